The molecular weight excluding hydrogens is 290 g/mol. The van der Waals surface area contributed by atoms with E-state index in [2.05, 4.69) is 12.2 Å². The second kappa shape index (κ2) is 9.16. The molecule has 0 spiro atoms. The molecule has 4 nitrogen and oxygen atoms in total. The van der Waals surface area contributed by atoms with E-state index in [-0.39, 0.29) is 12.7 Å². The molecule has 4 heteroatoms. The summed E-state index contributed by atoms with van der Waals surface area (Å²) in [5.41, 5.74) is 0.755. The van der Waals surface area contributed by atoms with Gasteiger partial charge in [-0.15, -0.1) is 0 Å². The lowest BCUT2D eigenvalue weighted by atomic mass is 10.1. The molecule has 0 fully saturated rings. The Balaban J connectivity index is 1.76. The molecule has 1 atom stereocenters. The van der Waals surface area contributed by atoms with E-state index in [4.69, 9.17) is 9.47 Å². The highest BCUT2D eigenvalue weighted by Gasteiger charge is 2.07. The van der Waals surface area contributed by atoms with Crippen LogP contribution < -0.4 is 5.32 Å². The fourth-order valence-corrected chi connectivity index (χ4v) is 2.44. The van der Waals surface area contributed by atoms with Gasteiger partial charge in [0, 0.05) is 5.39 Å². The van der Waals surface area contributed by atoms with Gasteiger partial charge in [0.1, 0.15) is 6.61 Å². The van der Waals surface area contributed by atoms with Gasteiger partial charge in [0.25, 0.3) is 0 Å². The number of hydrogen-bond donors (Lipinski definition) is 1. The first kappa shape index (κ1) is 17.3. The Morgan fingerprint density at radius 2 is 1.91 bits per heavy atom. The summed E-state index contributed by atoms with van der Waals surface area (Å²) in [7, 11) is 0. The minimum atomic E-state index is -0.453. The Bertz CT molecular complexity index is 622. The molecule has 1 N–H and O–H groups in total. The van der Waals surface area contributed by atoms with E-state index in [0.29, 0.717) is 6.61 Å². The van der Waals surface area contributed by atoms with Crippen LogP contribution in [0, 0.1) is 0 Å². The van der Waals surface area contributed by atoms with Crippen molar-refractivity contribution in [2.24, 2.45) is 0 Å². The summed E-state index contributed by atoms with van der Waals surface area (Å²) >= 11 is 0. The van der Waals surface area contributed by atoms with E-state index in [0.717, 1.165) is 35.7 Å². The van der Waals surface area contributed by atoms with Gasteiger partial charge >= 0.3 is 6.09 Å². The summed E-state index contributed by atoms with van der Waals surface area (Å²) in [6.07, 6.45) is 3.12. The van der Waals surface area contributed by atoms with Gasteiger partial charge in [0.05, 0.1) is 18.4 Å². The standard InChI is InChI=1S/C19H25NO3/c1-3-4-8-15(2)22-13-14-23-19(21)20-18-12-7-10-16-9-5-6-11-17(16)18/h5-7,9-12,15H,3-4,8,13-14H2,1-2H3,(H,20,21). The van der Waals surface area contributed by atoms with E-state index in [1.54, 1.807) is 0 Å². The Morgan fingerprint density at radius 3 is 2.74 bits per heavy atom. The van der Waals surface area contributed by atoms with Crippen molar-refractivity contribution in [3.05, 3.63) is 42.5 Å². The molecule has 0 aromatic heterocycles. The number of amides is 1. The van der Waals surface area contributed by atoms with Gasteiger partial charge in [-0.2, -0.15) is 0 Å². The van der Waals surface area contributed by atoms with Crippen molar-refractivity contribution in [1.82, 2.24) is 0 Å². The van der Waals surface area contributed by atoms with E-state index in [1.807, 2.05) is 49.4 Å². The van der Waals surface area contributed by atoms with Crippen LogP contribution in [0.2, 0.25) is 0 Å². The summed E-state index contributed by atoms with van der Waals surface area (Å²) in [5, 5.41) is 4.87. The quantitative estimate of drug-likeness (QED) is 0.699. The highest BCUT2D eigenvalue weighted by atomic mass is 16.6. The minimum absolute atomic E-state index is 0.208. The molecule has 0 heterocycles. The average Bonchev–Trinajstić information content (AvgIpc) is 2.57. The normalized spacial score (nSPS) is 12.1. The van der Waals surface area contributed by atoms with Gasteiger partial charge in [0.2, 0.25) is 0 Å². The average molecular weight is 315 g/mol. The van der Waals surface area contributed by atoms with Crippen LogP contribution in [0.1, 0.15) is 33.1 Å². The number of hydrogen-bond acceptors (Lipinski definition) is 3. The number of ether oxygens (including phenoxy) is 2. The molecule has 2 rings (SSSR count). The smallest absolute Gasteiger partial charge is 0.411 e. The van der Waals surface area contributed by atoms with E-state index < -0.39 is 6.09 Å². The fraction of sp³-hybridized carbons (Fsp3) is 0.421. The molecule has 0 radical (unpaired) electrons. The molecule has 2 aromatic carbocycles. The van der Waals surface area contributed by atoms with Crippen molar-refractivity contribution >= 4 is 22.6 Å². The van der Waals surface area contributed by atoms with E-state index >= 15 is 0 Å². The van der Waals surface area contributed by atoms with Crippen molar-refractivity contribution in [2.75, 3.05) is 18.5 Å². The van der Waals surface area contributed by atoms with Gasteiger partial charge < -0.3 is 9.47 Å². The first-order valence-corrected chi connectivity index (χ1v) is 8.24. The van der Waals surface area contributed by atoms with E-state index in [1.165, 1.54) is 0 Å². The number of nitrogens with one attached hydrogen (secondary N) is 1. The highest BCUT2D eigenvalue weighted by molar-refractivity contribution is 6.00. The van der Waals surface area contributed by atoms with Crippen LogP contribution in [-0.2, 0) is 9.47 Å². The molecule has 0 saturated carbocycles. The van der Waals surface area contributed by atoms with Gasteiger partial charge in [0.15, 0.2) is 0 Å². The summed E-state index contributed by atoms with van der Waals surface area (Å²) in [5.74, 6) is 0. The summed E-state index contributed by atoms with van der Waals surface area (Å²) < 4.78 is 10.8. The molecule has 0 aliphatic rings. The maximum Gasteiger partial charge on any atom is 0.411 e. The fourth-order valence-electron chi connectivity index (χ4n) is 2.44. The highest BCUT2D eigenvalue weighted by Crippen LogP contribution is 2.22. The molecule has 0 bridgehead atoms. The number of carbonyl (C=O) groups is 1. The van der Waals surface area contributed by atoms with Crippen LogP contribution in [0.4, 0.5) is 10.5 Å². The summed E-state index contributed by atoms with van der Waals surface area (Å²) in [6, 6.07) is 13.7. The molecule has 1 unspecified atom stereocenters. The maximum atomic E-state index is 11.9. The van der Waals surface area contributed by atoms with Crippen LogP contribution in [0.3, 0.4) is 0 Å². The van der Waals surface area contributed by atoms with Crippen LogP contribution in [-0.4, -0.2) is 25.4 Å². The largest absolute Gasteiger partial charge is 0.447 e. The molecule has 0 aliphatic heterocycles. The zero-order chi connectivity index (χ0) is 16.5. The van der Waals surface area contributed by atoms with Crippen molar-refractivity contribution in [2.45, 2.75) is 39.2 Å². The van der Waals surface area contributed by atoms with Crippen molar-refractivity contribution < 1.29 is 14.3 Å². The molecule has 0 saturated heterocycles. The van der Waals surface area contributed by atoms with Crippen LogP contribution in [0.25, 0.3) is 10.8 Å². The lowest BCUT2D eigenvalue weighted by molar-refractivity contribution is 0.0286. The molecule has 1 amide bonds. The maximum absolute atomic E-state index is 11.9. The first-order chi connectivity index (χ1) is 11.2. The number of rotatable bonds is 8. The predicted molar refractivity (Wildman–Crippen MR) is 93.9 cm³/mol. The third kappa shape index (κ3) is 5.57. The number of benzene rings is 2. The molecule has 23 heavy (non-hydrogen) atoms. The van der Waals surface area contributed by atoms with Gasteiger partial charge in [-0.25, -0.2) is 4.79 Å². The zero-order valence-electron chi connectivity index (χ0n) is 13.9. The molecule has 0 aliphatic carbocycles. The summed E-state index contributed by atoms with van der Waals surface area (Å²) in [6.45, 7) is 4.89. The van der Waals surface area contributed by atoms with Crippen LogP contribution in [0.5, 0.6) is 0 Å². The Hall–Kier alpha value is -2.07. The Labute approximate surface area is 137 Å². The van der Waals surface area contributed by atoms with Crippen molar-refractivity contribution in [1.29, 1.82) is 0 Å². The van der Waals surface area contributed by atoms with Gasteiger partial charge in [-0.1, -0.05) is 56.2 Å². The zero-order valence-corrected chi connectivity index (χ0v) is 13.9. The molecule has 124 valence electrons. The lowest BCUT2D eigenvalue weighted by Gasteiger charge is -2.13. The van der Waals surface area contributed by atoms with Crippen LogP contribution >= 0.6 is 0 Å². The monoisotopic (exact) mass is 315 g/mol. The predicted octanol–water partition coefficient (Wildman–Crippen LogP) is 4.98. The summed E-state index contributed by atoms with van der Waals surface area (Å²) in [4.78, 5) is 11.9. The van der Waals surface area contributed by atoms with E-state index in [9.17, 15) is 4.79 Å². The SMILES string of the molecule is CCCCC(C)OCCOC(=O)Nc1cccc2ccccc12. The topological polar surface area (TPSA) is 47.6 Å². The van der Waals surface area contributed by atoms with Crippen molar-refractivity contribution in [3.63, 3.8) is 0 Å². The third-order valence-corrected chi connectivity index (χ3v) is 3.71. The van der Waals surface area contributed by atoms with Crippen molar-refractivity contribution in [3.8, 4) is 0 Å². The number of carbonyl (C=O) groups excluding carboxylic acids is 1. The van der Waals surface area contributed by atoms with Gasteiger partial charge in [-0.3, -0.25) is 5.32 Å². The van der Waals surface area contributed by atoms with Crippen LogP contribution in [0.15, 0.2) is 42.5 Å². The lowest BCUT2D eigenvalue weighted by Crippen LogP contribution is -2.19. The number of unbranched alkanes of at least 4 members (excludes halogenated alkanes) is 1. The Morgan fingerprint density at radius 1 is 1.13 bits per heavy atom. The number of anilines is 1. The molecule has 2 aromatic rings. The molecular formula is C19H25NO3. The second-order valence-electron chi connectivity index (χ2n) is 5.61. The second-order valence-corrected chi connectivity index (χ2v) is 5.61. The minimum Gasteiger partial charge on any atom is -0.447 e. The first-order valence-electron chi connectivity index (χ1n) is 8.24. The number of fused-ring (bicyclic) bond motifs is 1. The van der Waals surface area contributed by atoms with Gasteiger partial charge in [-0.05, 0) is 24.8 Å². The third-order valence-electron chi connectivity index (χ3n) is 3.71. The Kier molecular flexibility index (Phi) is 6.88.